The fourth-order valence-corrected chi connectivity index (χ4v) is 1.99. The normalized spacial score (nSPS) is 11.8. The monoisotopic (exact) mass is 299 g/mol. The molecule has 0 fully saturated rings. The molecule has 1 atom stereocenters. The summed E-state index contributed by atoms with van der Waals surface area (Å²) in [4.78, 5) is 22.2. The molecule has 1 rings (SSSR count). The van der Waals surface area contributed by atoms with Crippen LogP contribution in [0.3, 0.4) is 0 Å². The molecule has 20 heavy (non-hydrogen) atoms. The van der Waals surface area contributed by atoms with Gasteiger partial charge in [-0.05, 0) is 30.6 Å². The van der Waals surface area contributed by atoms with Gasteiger partial charge in [0.15, 0.2) is 0 Å². The topological polar surface area (TPSA) is 107 Å². The van der Waals surface area contributed by atoms with Crippen molar-refractivity contribution in [2.75, 3.05) is 24.4 Å². The van der Waals surface area contributed by atoms with Crippen molar-refractivity contribution in [3.63, 3.8) is 0 Å². The quantitative estimate of drug-likeness (QED) is 0.585. The van der Waals surface area contributed by atoms with Crippen molar-refractivity contribution in [1.29, 1.82) is 0 Å². The second-order valence-electron chi connectivity index (χ2n) is 4.02. The van der Waals surface area contributed by atoms with Crippen LogP contribution in [-0.2, 0) is 4.79 Å². The zero-order valence-corrected chi connectivity index (χ0v) is 12.1. The van der Waals surface area contributed by atoms with Crippen molar-refractivity contribution in [1.82, 2.24) is 0 Å². The van der Waals surface area contributed by atoms with Crippen molar-refractivity contribution in [2.45, 2.75) is 12.5 Å². The largest absolute Gasteiger partial charge is 0.496 e. The number of nitrogens with one attached hydrogen (secondary N) is 1. The van der Waals surface area contributed by atoms with E-state index in [4.69, 9.17) is 10.5 Å². The van der Waals surface area contributed by atoms with Gasteiger partial charge in [0.1, 0.15) is 11.4 Å². The standard InChI is InChI=1S/C12H17N3O4S/c1-19-8-3-4-10(11(7-8)15(17)18)14-12(16)9(13)5-6-20-2/h3-4,7,9H,5-6,13H2,1-2H3,(H,14,16)/t9-/m0/s1. The van der Waals surface area contributed by atoms with Crippen molar-refractivity contribution in [2.24, 2.45) is 5.73 Å². The lowest BCUT2D eigenvalue weighted by atomic mass is 10.2. The molecule has 0 radical (unpaired) electrons. The number of methoxy groups -OCH3 is 1. The number of nitro benzene ring substituents is 1. The minimum atomic E-state index is -0.691. The van der Waals surface area contributed by atoms with Crippen LogP contribution in [0.2, 0.25) is 0 Å². The smallest absolute Gasteiger partial charge is 0.296 e. The van der Waals surface area contributed by atoms with E-state index in [9.17, 15) is 14.9 Å². The number of anilines is 1. The molecule has 3 N–H and O–H groups in total. The third-order valence-electron chi connectivity index (χ3n) is 2.63. The molecule has 0 aliphatic carbocycles. The summed E-state index contributed by atoms with van der Waals surface area (Å²) in [7, 11) is 1.41. The molecule has 0 aromatic heterocycles. The molecule has 0 heterocycles. The average Bonchev–Trinajstić information content (AvgIpc) is 2.44. The zero-order chi connectivity index (χ0) is 15.1. The molecule has 1 aromatic carbocycles. The maximum absolute atomic E-state index is 11.8. The second kappa shape index (κ2) is 7.71. The lowest BCUT2D eigenvalue weighted by Crippen LogP contribution is -2.36. The molecule has 1 amide bonds. The number of thioether (sulfide) groups is 1. The molecule has 0 unspecified atom stereocenters. The van der Waals surface area contributed by atoms with Gasteiger partial charge in [-0.15, -0.1) is 0 Å². The van der Waals surface area contributed by atoms with Gasteiger partial charge in [-0.3, -0.25) is 14.9 Å². The molecule has 110 valence electrons. The van der Waals surface area contributed by atoms with Gasteiger partial charge in [0.2, 0.25) is 5.91 Å². The van der Waals surface area contributed by atoms with Crippen LogP contribution >= 0.6 is 11.8 Å². The van der Waals surface area contributed by atoms with Crippen LogP contribution in [-0.4, -0.2) is 36.0 Å². The molecule has 0 aliphatic rings. The van der Waals surface area contributed by atoms with Crippen molar-refractivity contribution >= 4 is 29.0 Å². The second-order valence-corrected chi connectivity index (χ2v) is 5.00. The van der Waals surface area contributed by atoms with E-state index in [-0.39, 0.29) is 11.4 Å². The Morgan fingerprint density at radius 2 is 2.30 bits per heavy atom. The highest BCUT2D eigenvalue weighted by atomic mass is 32.2. The molecule has 8 heteroatoms. The van der Waals surface area contributed by atoms with Crippen molar-refractivity contribution < 1.29 is 14.5 Å². The molecular formula is C12H17N3O4S. The number of benzene rings is 1. The van der Waals surface area contributed by atoms with E-state index in [2.05, 4.69) is 5.32 Å². The summed E-state index contributed by atoms with van der Waals surface area (Å²) in [5.41, 5.74) is 5.60. The first-order valence-corrected chi connectivity index (χ1v) is 7.26. The maximum atomic E-state index is 11.8. The highest BCUT2D eigenvalue weighted by Crippen LogP contribution is 2.29. The number of nitrogens with two attached hydrogens (primary N) is 1. The molecule has 7 nitrogen and oxygen atoms in total. The third-order valence-corrected chi connectivity index (χ3v) is 3.27. The fraction of sp³-hybridized carbons (Fsp3) is 0.417. The number of nitrogens with zero attached hydrogens (tertiary/aromatic N) is 1. The number of amides is 1. The molecular weight excluding hydrogens is 282 g/mol. The molecule has 0 bridgehead atoms. The number of hydrogen-bond acceptors (Lipinski definition) is 6. The molecule has 0 aliphatic heterocycles. The summed E-state index contributed by atoms with van der Waals surface area (Å²) in [5, 5.41) is 13.5. The number of rotatable bonds is 7. The van der Waals surface area contributed by atoms with Gasteiger partial charge in [0.25, 0.3) is 5.69 Å². The highest BCUT2D eigenvalue weighted by Gasteiger charge is 2.20. The number of hydrogen-bond donors (Lipinski definition) is 2. The van der Waals surface area contributed by atoms with Crippen LogP contribution in [0.25, 0.3) is 0 Å². The number of carbonyl (C=O) groups excluding carboxylic acids is 1. The van der Waals surface area contributed by atoms with Crippen LogP contribution in [0.5, 0.6) is 5.75 Å². The first-order valence-electron chi connectivity index (χ1n) is 5.87. The average molecular weight is 299 g/mol. The number of carbonyl (C=O) groups is 1. The minimum absolute atomic E-state index is 0.111. The SMILES string of the molecule is COc1ccc(NC(=O)[C@@H](N)CCSC)c([N+](=O)[O-])c1. The summed E-state index contributed by atoms with van der Waals surface area (Å²) in [5.74, 6) is 0.660. The van der Waals surface area contributed by atoms with E-state index in [1.54, 1.807) is 11.8 Å². The molecule has 0 saturated carbocycles. The van der Waals surface area contributed by atoms with Crippen LogP contribution in [0.4, 0.5) is 11.4 Å². The van der Waals surface area contributed by atoms with Crippen LogP contribution in [0.1, 0.15) is 6.42 Å². The van der Waals surface area contributed by atoms with Gasteiger partial charge in [0, 0.05) is 0 Å². The Hall–Kier alpha value is -1.80. The van der Waals surface area contributed by atoms with E-state index in [1.165, 1.54) is 25.3 Å². The lowest BCUT2D eigenvalue weighted by Gasteiger charge is -2.12. The Morgan fingerprint density at radius 3 is 2.85 bits per heavy atom. The number of nitro groups is 1. The van der Waals surface area contributed by atoms with Gasteiger partial charge >= 0.3 is 0 Å². The predicted molar refractivity (Wildman–Crippen MR) is 79.3 cm³/mol. The summed E-state index contributed by atoms with van der Waals surface area (Å²) < 4.78 is 4.92. The van der Waals surface area contributed by atoms with E-state index in [1.807, 2.05) is 6.26 Å². The molecule has 0 saturated heterocycles. The Bertz CT molecular complexity index is 496. The molecule has 0 spiro atoms. The van der Waals surface area contributed by atoms with E-state index in [0.717, 1.165) is 5.75 Å². The summed E-state index contributed by atoms with van der Waals surface area (Å²) >= 11 is 1.58. The first kappa shape index (κ1) is 16.3. The van der Waals surface area contributed by atoms with Crippen molar-refractivity contribution in [3.05, 3.63) is 28.3 Å². The van der Waals surface area contributed by atoms with Crippen LogP contribution < -0.4 is 15.8 Å². The Morgan fingerprint density at radius 1 is 1.60 bits per heavy atom. The lowest BCUT2D eigenvalue weighted by molar-refractivity contribution is -0.384. The highest BCUT2D eigenvalue weighted by molar-refractivity contribution is 7.98. The summed E-state index contributed by atoms with van der Waals surface area (Å²) in [6.45, 7) is 0. The summed E-state index contributed by atoms with van der Waals surface area (Å²) in [6, 6.07) is 3.53. The van der Waals surface area contributed by atoms with Gasteiger partial charge in [-0.25, -0.2) is 0 Å². The van der Waals surface area contributed by atoms with Crippen molar-refractivity contribution in [3.8, 4) is 5.75 Å². The molecule has 1 aromatic rings. The first-order chi connectivity index (χ1) is 9.49. The maximum Gasteiger partial charge on any atom is 0.296 e. The van der Waals surface area contributed by atoms with Gasteiger partial charge in [-0.2, -0.15) is 11.8 Å². The van der Waals surface area contributed by atoms with Gasteiger partial charge in [-0.1, -0.05) is 0 Å². The Balaban J connectivity index is 2.86. The van der Waals surface area contributed by atoms with Crippen LogP contribution in [0, 0.1) is 10.1 Å². The van der Waals surface area contributed by atoms with E-state index >= 15 is 0 Å². The minimum Gasteiger partial charge on any atom is -0.496 e. The predicted octanol–water partition coefficient (Wildman–Crippen LogP) is 1.62. The third kappa shape index (κ3) is 4.39. The van der Waals surface area contributed by atoms with Gasteiger partial charge in [0.05, 0.1) is 24.1 Å². The summed E-state index contributed by atoms with van der Waals surface area (Å²) in [6.07, 6.45) is 2.43. The Labute approximate surface area is 121 Å². The van der Waals surface area contributed by atoms with E-state index in [0.29, 0.717) is 12.2 Å². The van der Waals surface area contributed by atoms with E-state index < -0.39 is 16.9 Å². The zero-order valence-electron chi connectivity index (χ0n) is 11.3. The Kier molecular flexibility index (Phi) is 6.26. The fourth-order valence-electron chi connectivity index (χ4n) is 1.50. The van der Waals surface area contributed by atoms with Crippen LogP contribution in [0.15, 0.2) is 18.2 Å². The number of ether oxygens (including phenoxy) is 1. The van der Waals surface area contributed by atoms with Gasteiger partial charge < -0.3 is 15.8 Å².